The van der Waals surface area contributed by atoms with E-state index in [1.165, 1.54) is 0 Å². The van der Waals surface area contributed by atoms with E-state index in [0.29, 0.717) is 34.9 Å². The van der Waals surface area contributed by atoms with E-state index in [1.54, 1.807) is 44.7 Å². The zero-order chi connectivity index (χ0) is 22.0. The number of ketones is 1. The van der Waals surface area contributed by atoms with E-state index >= 15 is 0 Å². The van der Waals surface area contributed by atoms with E-state index in [-0.39, 0.29) is 11.7 Å². The molecule has 1 aromatic carbocycles. The molecular weight excluding hydrogens is 394 g/mol. The van der Waals surface area contributed by atoms with Gasteiger partial charge in [0.05, 0.1) is 14.2 Å². The van der Waals surface area contributed by atoms with E-state index in [0.717, 1.165) is 29.8 Å². The van der Waals surface area contributed by atoms with Crippen molar-refractivity contribution in [1.82, 2.24) is 10.3 Å². The van der Waals surface area contributed by atoms with Gasteiger partial charge >= 0.3 is 0 Å². The molecule has 4 rings (SSSR count). The Balaban J connectivity index is 1.82. The van der Waals surface area contributed by atoms with Crippen molar-refractivity contribution in [3.8, 4) is 11.5 Å². The van der Waals surface area contributed by atoms with E-state index in [4.69, 9.17) is 9.47 Å². The first-order valence-electron chi connectivity index (χ1n) is 10.2. The third-order valence-corrected chi connectivity index (χ3v) is 5.67. The molecule has 2 heterocycles. The molecule has 7 nitrogen and oxygen atoms in total. The molecular formula is C24H25N3O4. The molecule has 0 spiro atoms. The number of Topliss-reactive ketones (excluding diaryl/α,β-unsaturated/α-hetero) is 1. The van der Waals surface area contributed by atoms with Crippen LogP contribution in [0.1, 0.15) is 37.7 Å². The molecule has 0 radical (unpaired) electrons. The molecule has 1 amide bonds. The number of aromatic nitrogens is 1. The molecule has 2 N–H and O–H groups in total. The fourth-order valence-corrected chi connectivity index (χ4v) is 4.27. The molecule has 0 fully saturated rings. The van der Waals surface area contributed by atoms with Crippen molar-refractivity contribution in [1.29, 1.82) is 0 Å². The van der Waals surface area contributed by atoms with Crippen LogP contribution in [0.5, 0.6) is 11.5 Å². The lowest BCUT2D eigenvalue weighted by Crippen LogP contribution is -2.35. The standard InChI is InChI=1S/C24H25N3O4/c1-14-21(24(29)27-20-9-4-5-12-25-20)22(23-16(26-14)7-6-8-17(23)28)15-10-11-18(30-2)19(13-15)31-3/h4-5,9-13,22,26H,6-8H2,1-3H3,(H,25,27,29)/t22-/m1/s1. The van der Waals surface area contributed by atoms with Crippen LogP contribution in [0.2, 0.25) is 0 Å². The van der Waals surface area contributed by atoms with E-state index in [2.05, 4.69) is 15.6 Å². The molecule has 1 atom stereocenters. The maximum Gasteiger partial charge on any atom is 0.255 e. The van der Waals surface area contributed by atoms with Crippen molar-refractivity contribution in [2.45, 2.75) is 32.1 Å². The van der Waals surface area contributed by atoms with Gasteiger partial charge in [-0.2, -0.15) is 0 Å². The Morgan fingerprint density at radius 3 is 2.65 bits per heavy atom. The summed E-state index contributed by atoms with van der Waals surface area (Å²) in [6, 6.07) is 10.8. The van der Waals surface area contributed by atoms with Crippen LogP contribution in [-0.2, 0) is 9.59 Å². The van der Waals surface area contributed by atoms with Gasteiger partial charge in [-0.05, 0) is 49.6 Å². The number of ether oxygens (including phenoxy) is 2. The second-order valence-corrected chi connectivity index (χ2v) is 7.55. The summed E-state index contributed by atoms with van der Waals surface area (Å²) in [5.41, 5.74) is 3.55. The van der Waals surface area contributed by atoms with Crippen LogP contribution in [-0.4, -0.2) is 30.9 Å². The molecule has 1 aromatic heterocycles. The van der Waals surface area contributed by atoms with Crippen LogP contribution in [0.3, 0.4) is 0 Å². The minimum absolute atomic E-state index is 0.0594. The number of hydrogen-bond acceptors (Lipinski definition) is 6. The summed E-state index contributed by atoms with van der Waals surface area (Å²) in [5.74, 6) is 0.842. The first kappa shape index (κ1) is 20.7. The SMILES string of the molecule is COc1ccc([C@@H]2C(C(=O)Nc3ccccn3)=C(C)NC3=C2C(=O)CCC3)cc1OC. The van der Waals surface area contributed by atoms with Crippen LogP contribution in [0.25, 0.3) is 0 Å². The van der Waals surface area contributed by atoms with Crippen molar-refractivity contribution in [3.05, 3.63) is 70.7 Å². The number of benzene rings is 1. The minimum Gasteiger partial charge on any atom is -0.493 e. The van der Waals surface area contributed by atoms with Gasteiger partial charge in [-0.25, -0.2) is 4.98 Å². The molecule has 1 aliphatic carbocycles. The Bertz CT molecular complexity index is 1090. The second-order valence-electron chi connectivity index (χ2n) is 7.55. The molecule has 0 bridgehead atoms. The number of nitrogens with one attached hydrogen (secondary N) is 2. The van der Waals surface area contributed by atoms with Gasteiger partial charge in [0.1, 0.15) is 5.82 Å². The summed E-state index contributed by atoms with van der Waals surface area (Å²) < 4.78 is 10.8. The Labute approximate surface area is 181 Å². The summed E-state index contributed by atoms with van der Waals surface area (Å²) >= 11 is 0. The van der Waals surface area contributed by atoms with Crippen molar-refractivity contribution in [3.63, 3.8) is 0 Å². The molecule has 31 heavy (non-hydrogen) atoms. The van der Waals surface area contributed by atoms with Gasteiger partial charge in [-0.3, -0.25) is 9.59 Å². The van der Waals surface area contributed by atoms with Crippen LogP contribution in [0, 0.1) is 0 Å². The number of anilines is 1. The van der Waals surface area contributed by atoms with Gasteiger partial charge in [-0.1, -0.05) is 12.1 Å². The zero-order valence-corrected chi connectivity index (χ0v) is 17.8. The number of allylic oxidation sites excluding steroid dienone is 3. The number of methoxy groups -OCH3 is 2. The van der Waals surface area contributed by atoms with E-state index in [1.807, 2.05) is 19.1 Å². The number of rotatable bonds is 5. The highest BCUT2D eigenvalue weighted by Gasteiger charge is 2.38. The number of nitrogens with zero attached hydrogens (tertiary/aromatic N) is 1. The highest BCUT2D eigenvalue weighted by molar-refractivity contribution is 6.09. The molecule has 0 saturated carbocycles. The second kappa shape index (κ2) is 8.63. The van der Waals surface area contributed by atoms with Gasteiger partial charge in [0.15, 0.2) is 17.3 Å². The Hall–Kier alpha value is -3.61. The first-order chi connectivity index (χ1) is 15.0. The summed E-state index contributed by atoms with van der Waals surface area (Å²) in [6.45, 7) is 1.87. The van der Waals surface area contributed by atoms with Gasteiger partial charge in [-0.15, -0.1) is 0 Å². The highest BCUT2D eigenvalue weighted by Crippen LogP contribution is 2.44. The topological polar surface area (TPSA) is 89.5 Å². The number of carbonyl (C=O) groups is 2. The van der Waals surface area contributed by atoms with Crippen LogP contribution < -0.4 is 20.1 Å². The molecule has 160 valence electrons. The average Bonchev–Trinajstić information content (AvgIpc) is 2.78. The molecule has 0 saturated heterocycles. The molecule has 1 aliphatic heterocycles. The number of amides is 1. The molecule has 2 aromatic rings. The lowest BCUT2D eigenvalue weighted by atomic mass is 9.75. The predicted octanol–water partition coefficient (Wildman–Crippen LogP) is 3.71. The third-order valence-electron chi connectivity index (χ3n) is 5.67. The number of carbonyl (C=O) groups excluding carboxylic acids is 2. The molecule has 7 heteroatoms. The van der Waals surface area contributed by atoms with Crippen LogP contribution in [0.4, 0.5) is 5.82 Å². The van der Waals surface area contributed by atoms with Gasteiger partial charge in [0, 0.05) is 41.1 Å². The third kappa shape index (κ3) is 3.91. The fourth-order valence-electron chi connectivity index (χ4n) is 4.27. The summed E-state index contributed by atoms with van der Waals surface area (Å²) in [6.07, 6.45) is 3.66. The first-order valence-corrected chi connectivity index (χ1v) is 10.2. The Morgan fingerprint density at radius 2 is 1.94 bits per heavy atom. The lowest BCUT2D eigenvalue weighted by molar-refractivity contribution is -0.116. The van der Waals surface area contributed by atoms with Crippen LogP contribution in [0.15, 0.2) is 65.1 Å². The molecule has 0 unspecified atom stereocenters. The normalized spacial score (nSPS) is 18.3. The average molecular weight is 419 g/mol. The largest absolute Gasteiger partial charge is 0.493 e. The molecule has 2 aliphatic rings. The van der Waals surface area contributed by atoms with Gasteiger partial charge in [0.25, 0.3) is 5.91 Å². The van der Waals surface area contributed by atoms with Crippen molar-refractivity contribution in [2.24, 2.45) is 0 Å². The fraction of sp³-hybridized carbons (Fsp3) is 0.292. The number of dihydropyridines is 1. The summed E-state index contributed by atoms with van der Waals surface area (Å²) in [4.78, 5) is 30.6. The Morgan fingerprint density at radius 1 is 1.13 bits per heavy atom. The van der Waals surface area contributed by atoms with E-state index < -0.39 is 5.92 Å². The van der Waals surface area contributed by atoms with Gasteiger partial charge < -0.3 is 20.1 Å². The maximum absolute atomic E-state index is 13.4. The van der Waals surface area contributed by atoms with Crippen LogP contribution >= 0.6 is 0 Å². The quantitative estimate of drug-likeness (QED) is 0.768. The van der Waals surface area contributed by atoms with Crippen molar-refractivity contribution < 1.29 is 19.1 Å². The number of pyridine rings is 1. The van der Waals surface area contributed by atoms with E-state index in [9.17, 15) is 9.59 Å². The minimum atomic E-state index is -0.507. The maximum atomic E-state index is 13.4. The lowest BCUT2D eigenvalue weighted by Gasteiger charge is -2.34. The highest BCUT2D eigenvalue weighted by atomic mass is 16.5. The van der Waals surface area contributed by atoms with Crippen molar-refractivity contribution in [2.75, 3.05) is 19.5 Å². The zero-order valence-electron chi connectivity index (χ0n) is 17.8. The summed E-state index contributed by atoms with van der Waals surface area (Å²) in [7, 11) is 3.14. The monoisotopic (exact) mass is 419 g/mol. The predicted molar refractivity (Wildman–Crippen MR) is 117 cm³/mol. The number of hydrogen-bond donors (Lipinski definition) is 2. The Kier molecular flexibility index (Phi) is 5.75. The van der Waals surface area contributed by atoms with Crippen molar-refractivity contribution >= 4 is 17.5 Å². The smallest absolute Gasteiger partial charge is 0.255 e. The summed E-state index contributed by atoms with van der Waals surface area (Å²) in [5, 5.41) is 6.18. The van der Waals surface area contributed by atoms with Gasteiger partial charge in [0.2, 0.25) is 0 Å².